The molecule has 0 radical (unpaired) electrons. The van der Waals surface area contributed by atoms with E-state index >= 15 is 0 Å². The summed E-state index contributed by atoms with van der Waals surface area (Å²) in [6, 6.07) is 2.70. The molecule has 1 aromatic rings. The van der Waals surface area contributed by atoms with Crippen molar-refractivity contribution in [3.63, 3.8) is 0 Å². The molecule has 7 heteroatoms. The lowest BCUT2D eigenvalue weighted by Gasteiger charge is -2.24. The van der Waals surface area contributed by atoms with E-state index in [1.54, 1.807) is 0 Å². The van der Waals surface area contributed by atoms with Crippen molar-refractivity contribution < 1.29 is 12.8 Å². The SMILES string of the molecule is O=S(=O)(c1ncccc1F)N1C[C@@H]2CCCN[C@@H]2C1. The van der Waals surface area contributed by atoms with Crippen LogP contribution in [-0.4, -0.2) is 43.4 Å². The number of piperidine rings is 1. The summed E-state index contributed by atoms with van der Waals surface area (Å²) < 4.78 is 39.8. The van der Waals surface area contributed by atoms with Gasteiger partial charge in [-0.2, -0.15) is 4.31 Å². The van der Waals surface area contributed by atoms with Crippen LogP contribution in [0.4, 0.5) is 4.39 Å². The largest absolute Gasteiger partial charge is 0.312 e. The van der Waals surface area contributed by atoms with Crippen LogP contribution in [0.25, 0.3) is 0 Å². The van der Waals surface area contributed by atoms with Crippen LogP contribution in [0.3, 0.4) is 0 Å². The maximum Gasteiger partial charge on any atom is 0.263 e. The Kier molecular flexibility index (Phi) is 3.28. The zero-order chi connectivity index (χ0) is 13.5. The molecule has 0 aromatic carbocycles. The van der Waals surface area contributed by atoms with Gasteiger partial charge in [0, 0.05) is 25.3 Å². The van der Waals surface area contributed by atoms with Crippen molar-refractivity contribution in [2.75, 3.05) is 19.6 Å². The molecule has 3 rings (SSSR count). The van der Waals surface area contributed by atoms with E-state index in [9.17, 15) is 12.8 Å². The maximum atomic E-state index is 13.6. The topological polar surface area (TPSA) is 62.3 Å². The lowest BCUT2D eigenvalue weighted by molar-refractivity contribution is 0.339. The first kappa shape index (κ1) is 13.0. The maximum absolute atomic E-state index is 13.6. The summed E-state index contributed by atoms with van der Waals surface area (Å²) in [6.45, 7) is 1.78. The van der Waals surface area contributed by atoms with Gasteiger partial charge in [0.25, 0.3) is 10.0 Å². The second-order valence-electron chi connectivity index (χ2n) is 5.08. The highest BCUT2D eigenvalue weighted by Crippen LogP contribution is 2.29. The van der Waals surface area contributed by atoms with Gasteiger partial charge in [0.15, 0.2) is 5.82 Å². The van der Waals surface area contributed by atoms with Crippen molar-refractivity contribution in [1.82, 2.24) is 14.6 Å². The molecule has 19 heavy (non-hydrogen) atoms. The second kappa shape index (κ2) is 4.81. The molecule has 1 N–H and O–H groups in total. The van der Waals surface area contributed by atoms with Gasteiger partial charge in [-0.3, -0.25) is 0 Å². The van der Waals surface area contributed by atoms with E-state index in [4.69, 9.17) is 0 Å². The van der Waals surface area contributed by atoms with Gasteiger partial charge >= 0.3 is 0 Å². The van der Waals surface area contributed by atoms with E-state index < -0.39 is 20.9 Å². The molecule has 0 aliphatic carbocycles. The van der Waals surface area contributed by atoms with E-state index in [-0.39, 0.29) is 6.04 Å². The molecule has 104 valence electrons. The van der Waals surface area contributed by atoms with Crippen LogP contribution < -0.4 is 5.32 Å². The minimum atomic E-state index is -3.82. The molecule has 0 bridgehead atoms. The van der Waals surface area contributed by atoms with Crippen molar-refractivity contribution in [1.29, 1.82) is 0 Å². The number of hydrogen-bond acceptors (Lipinski definition) is 4. The molecule has 2 fully saturated rings. The Balaban J connectivity index is 1.88. The quantitative estimate of drug-likeness (QED) is 0.864. The first-order valence-electron chi connectivity index (χ1n) is 6.43. The van der Waals surface area contributed by atoms with Crippen LogP contribution >= 0.6 is 0 Å². The van der Waals surface area contributed by atoms with Crippen molar-refractivity contribution >= 4 is 10.0 Å². The number of hydrogen-bond donors (Lipinski definition) is 1. The lowest BCUT2D eigenvalue weighted by atomic mass is 9.94. The van der Waals surface area contributed by atoms with Crippen molar-refractivity contribution in [3.05, 3.63) is 24.1 Å². The van der Waals surface area contributed by atoms with Crippen molar-refractivity contribution in [3.8, 4) is 0 Å². The minimum absolute atomic E-state index is 0.190. The zero-order valence-electron chi connectivity index (χ0n) is 10.4. The van der Waals surface area contributed by atoms with E-state index in [2.05, 4.69) is 10.3 Å². The molecule has 5 nitrogen and oxygen atoms in total. The standard InChI is InChI=1S/C12H16FN3O2S/c13-10-4-2-6-15-12(10)19(17,18)16-7-9-3-1-5-14-11(9)8-16/h2,4,6,9,11,14H,1,3,5,7-8H2/t9-,11+/m0/s1. The summed E-state index contributed by atoms with van der Waals surface area (Å²) >= 11 is 0. The predicted molar refractivity (Wildman–Crippen MR) is 67.5 cm³/mol. The third-order valence-corrected chi connectivity index (χ3v) is 5.64. The van der Waals surface area contributed by atoms with E-state index in [1.807, 2.05) is 0 Å². The second-order valence-corrected chi connectivity index (χ2v) is 6.93. The van der Waals surface area contributed by atoms with Crippen LogP contribution in [0.5, 0.6) is 0 Å². The van der Waals surface area contributed by atoms with Crippen LogP contribution in [0.2, 0.25) is 0 Å². The molecule has 3 heterocycles. The summed E-state index contributed by atoms with van der Waals surface area (Å²) in [7, 11) is -3.82. The number of nitrogens with zero attached hydrogens (tertiary/aromatic N) is 2. The molecule has 2 saturated heterocycles. The Morgan fingerprint density at radius 2 is 2.26 bits per heavy atom. The predicted octanol–water partition coefficient (Wildman–Crippen LogP) is 0.593. The molecule has 2 aliphatic rings. The fourth-order valence-electron chi connectivity index (χ4n) is 2.89. The number of fused-ring (bicyclic) bond motifs is 1. The monoisotopic (exact) mass is 285 g/mol. The highest BCUT2D eigenvalue weighted by atomic mass is 32.2. The van der Waals surface area contributed by atoms with Crippen LogP contribution in [0, 0.1) is 11.7 Å². The highest BCUT2D eigenvalue weighted by Gasteiger charge is 2.41. The van der Waals surface area contributed by atoms with Crippen molar-refractivity contribution in [2.24, 2.45) is 5.92 Å². The smallest absolute Gasteiger partial charge is 0.263 e. The summed E-state index contributed by atoms with van der Waals surface area (Å²) in [5.41, 5.74) is 0. The Morgan fingerprint density at radius 3 is 3.00 bits per heavy atom. The van der Waals surface area contributed by atoms with E-state index in [0.717, 1.165) is 25.5 Å². The van der Waals surface area contributed by atoms with E-state index in [0.29, 0.717) is 19.0 Å². The Bertz CT molecular complexity index is 564. The molecule has 0 spiro atoms. The number of sulfonamides is 1. The minimum Gasteiger partial charge on any atom is -0.312 e. The molecular weight excluding hydrogens is 269 g/mol. The number of nitrogens with one attached hydrogen (secondary N) is 1. The first-order valence-corrected chi connectivity index (χ1v) is 7.87. The van der Waals surface area contributed by atoms with Crippen LogP contribution in [0.15, 0.2) is 23.4 Å². The molecule has 0 amide bonds. The molecule has 0 unspecified atom stereocenters. The number of pyridine rings is 1. The fourth-order valence-corrected chi connectivity index (χ4v) is 4.38. The molecule has 2 atom stereocenters. The summed E-state index contributed by atoms with van der Waals surface area (Å²) in [5, 5.41) is 2.86. The number of rotatable bonds is 2. The van der Waals surface area contributed by atoms with Gasteiger partial charge in [0.1, 0.15) is 0 Å². The Morgan fingerprint density at radius 1 is 1.42 bits per heavy atom. The normalized spacial score (nSPS) is 28.3. The Hall–Kier alpha value is -1.05. The third-order valence-electron chi connectivity index (χ3n) is 3.87. The van der Waals surface area contributed by atoms with Crippen LogP contribution in [-0.2, 0) is 10.0 Å². The first-order chi connectivity index (χ1) is 9.09. The zero-order valence-corrected chi connectivity index (χ0v) is 11.2. The fraction of sp³-hybridized carbons (Fsp3) is 0.583. The summed E-state index contributed by atoms with van der Waals surface area (Å²) in [4.78, 5) is 3.69. The number of aromatic nitrogens is 1. The molecule has 0 saturated carbocycles. The van der Waals surface area contributed by atoms with Gasteiger partial charge in [0.2, 0.25) is 5.03 Å². The average molecular weight is 285 g/mol. The van der Waals surface area contributed by atoms with Gasteiger partial charge in [-0.1, -0.05) is 0 Å². The van der Waals surface area contributed by atoms with Crippen LogP contribution in [0.1, 0.15) is 12.8 Å². The lowest BCUT2D eigenvalue weighted by Crippen LogP contribution is -2.41. The highest BCUT2D eigenvalue weighted by molar-refractivity contribution is 7.89. The average Bonchev–Trinajstić information content (AvgIpc) is 2.83. The third kappa shape index (κ3) is 2.26. The molecule has 2 aliphatic heterocycles. The Labute approximate surface area is 111 Å². The number of halogens is 1. The summed E-state index contributed by atoms with van der Waals surface area (Å²) in [5.74, 6) is -0.458. The summed E-state index contributed by atoms with van der Waals surface area (Å²) in [6.07, 6.45) is 3.39. The van der Waals surface area contributed by atoms with Crippen molar-refractivity contribution in [2.45, 2.75) is 23.9 Å². The van der Waals surface area contributed by atoms with Gasteiger partial charge in [-0.05, 0) is 37.4 Å². The van der Waals surface area contributed by atoms with E-state index in [1.165, 1.54) is 16.6 Å². The van der Waals surface area contributed by atoms with Gasteiger partial charge in [-0.15, -0.1) is 0 Å². The molecular formula is C12H16FN3O2S. The van der Waals surface area contributed by atoms with Gasteiger partial charge in [0.05, 0.1) is 0 Å². The van der Waals surface area contributed by atoms with Gasteiger partial charge < -0.3 is 5.32 Å². The van der Waals surface area contributed by atoms with Gasteiger partial charge in [-0.25, -0.2) is 17.8 Å². The molecule has 1 aromatic heterocycles.